The molecule has 0 aliphatic rings. The Morgan fingerprint density at radius 2 is 1.69 bits per heavy atom. The van der Waals surface area contributed by atoms with Crippen molar-refractivity contribution in [3.63, 3.8) is 0 Å². The zero-order valence-electron chi connectivity index (χ0n) is 15.1. The Morgan fingerprint density at radius 3 is 2.42 bits per heavy atom. The fourth-order valence-corrected chi connectivity index (χ4v) is 2.81. The molecule has 5 heteroatoms. The van der Waals surface area contributed by atoms with Crippen LogP contribution in [0.2, 0.25) is 0 Å². The minimum absolute atomic E-state index is 0.274. The number of aromatic nitrogens is 1. The van der Waals surface area contributed by atoms with Crippen molar-refractivity contribution in [2.75, 3.05) is 5.32 Å². The van der Waals surface area contributed by atoms with Crippen LogP contribution in [0.1, 0.15) is 42.7 Å². The number of nitrogens with one attached hydrogen (secondary N) is 2. The number of rotatable bonds is 5. The van der Waals surface area contributed by atoms with Crippen molar-refractivity contribution in [1.82, 2.24) is 4.98 Å². The zero-order valence-corrected chi connectivity index (χ0v) is 15.1. The van der Waals surface area contributed by atoms with Crippen molar-refractivity contribution in [2.45, 2.75) is 32.8 Å². The van der Waals surface area contributed by atoms with E-state index in [0.717, 1.165) is 22.2 Å². The lowest BCUT2D eigenvalue weighted by atomic mass is 10.0. The van der Waals surface area contributed by atoms with Gasteiger partial charge in [0, 0.05) is 16.6 Å². The topological polar surface area (TPSA) is 71.2 Å². The van der Waals surface area contributed by atoms with Gasteiger partial charge in [-0.25, -0.2) is 4.79 Å². The summed E-state index contributed by atoms with van der Waals surface area (Å²) >= 11 is 0. The van der Waals surface area contributed by atoms with E-state index in [4.69, 9.17) is 4.74 Å². The average Bonchev–Trinajstić information content (AvgIpc) is 3.06. The van der Waals surface area contributed by atoms with E-state index in [1.54, 1.807) is 13.0 Å². The molecule has 2 aromatic carbocycles. The Bertz CT molecular complexity index is 910. The second-order valence-corrected chi connectivity index (χ2v) is 6.55. The van der Waals surface area contributed by atoms with Gasteiger partial charge < -0.3 is 15.0 Å². The summed E-state index contributed by atoms with van der Waals surface area (Å²) in [5, 5.41) is 3.77. The molecule has 134 valence electrons. The second kappa shape index (κ2) is 7.44. The van der Waals surface area contributed by atoms with Crippen LogP contribution in [0.15, 0.2) is 54.6 Å². The standard InChI is InChI=1S/C21H22N2O3/c1-13(2)16-9-5-7-11-18(16)23-20(24)14(3)26-21(25)19-12-15-8-4-6-10-17(15)22-19/h4-14,22H,1-3H3,(H,23,24)/t14-/m0/s1. The molecule has 0 aliphatic carbocycles. The number of fused-ring (bicyclic) bond motifs is 1. The average molecular weight is 350 g/mol. The van der Waals surface area contributed by atoms with Crippen LogP contribution in [-0.2, 0) is 9.53 Å². The molecule has 1 heterocycles. The highest BCUT2D eigenvalue weighted by Gasteiger charge is 2.21. The SMILES string of the molecule is CC(C)c1ccccc1NC(=O)[C@H](C)OC(=O)c1cc2ccccc2[nH]1. The van der Waals surface area contributed by atoms with Gasteiger partial charge in [0.15, 0.2) is 6.10 Å². The van der Waals surface area contributed by atoms with Crippen LogP contribution in [0, 0.1) is 0 Å². The van der Waals surface area contributed by atoms with E-state index in [0.29, 0.717) is 5.69 Å². The molecular formula is C21H22N2O3. The van der Waals surface area contributed by atoms with E-state index < -0.39 is 12.1 Å². The third-order valence-electron chi connectivity index (χ3n) is 4.24. The Labute approximate surface area is 152 Å². The van der Waals surface area contributed by atoms with Gasteiger partial charge in [0.05, 0.1) is 0 Å². The summed E-state index contributed by atoms with van der Waals surface area (Å²) < 4.78 is 5.32. The molecule has 3 rings (SSSR count). The van der Waals surface area contributed by atoms with Crippen LogP contribution < -0.4 is 5.32 Å². The molecule has 3 aromatic rings. The van der Waals surface area contributed by atoms with Gasteiger partial charge in [-0.05, 0) is 36.6 Å². The van der Waals surface area contributed by atoms with Crippen LogP contribution in [0.4, 0.5) is 5.69 Å². The van der Waals surface area contributed by atoms with Crippen molar-refractivity contribution in [3.8, 4) is 0 Å². The minimum atomic E-state index is -0.908. The Hall–Kier alpha value is -3.08. The first-order valence-electron chi connectivity index (χ1n) is 8.64. The summed E-state index contributed by atoms with van der Waals surface area (Å²) in [6, 6.07) is 16.9. The molecule has 1 amide bonds. The molecular weight excluding hydrogens is 328 g/mol. The number of carbonyl (C=O) groups excluding carboxylic acids is 2. The monoisotopic (exact) mass is 350 g/mol. The summed E-state index contributed by atoms with van der Waals surface area (Å²) in [6.45, 7) is 5.68. The Balaban J connectivity index is 1.68. The summed E-state index contributed by atoms with van der Waals surface area (Å²) in [4.78, 5) is 27.8. The van der Waals surface area contributed by atoms with Gasteiger partial charge >= 0.3 is 5.97 Å². The first-order valence-corrected chi connectivity index (χ1v) is 8.64. The number of aromatic amines is 1. The Kier molecular flexibility index (Phi) is 5.07. The van der Waals surface area contributed by atoms with Crippen molar-refractivity contribution in [1.29, 1.82) is 0 Å². The highest BCUT2D eigenvalue weighted by atomic mass is 16.5. The molecule has 0 bridgehead atoms. The molecule has 1 atom stereocenters. The number of para-hydroxylation sites is 2. The van der Waals surface area contributed by atoms with Gasteiger partial charge in [0.25, 0.3) is 5.91 Å². The number of H-pyrrole nitrogens is 1. The van der Waals surface area contributed by atoms with Crippen LogP contribution >= 0.6 is 0 Å². The van der Waals surface area contributed by atoms with Crippen LogP contribution in [0.3, 0.4) is 0 Å². The van der Waals surface area contributed by atoms with E-state index in [2.05, 4.69) is 24.1 Å². The molecule has 0 fully saturated rings. The molecule has 26 heavy (non-hydrogen) atoms. The van der Waals surface area contributed by atoms with Gasteiger partial charge in [-0.1, -0.05) is 50.2 Å². The minimum Gasteiger partial charge on any atom is -0.448 e. The zero-order chi connectivity index (χ0) is 18.7. The predicted octanol–water partition coefficient (Wildman–Crippen LogP) is 4.48. The number of anilines is 1. The molecule has 0 radical (unpaired) electrons. The van der Waals surface area contributed by atoms with E-state index >= 15 is 0 Å². The van der Waals surface area contributed by atoms with E-state index in [-0.39, 0.29) is 11.8 Å². The quantitative estimate of drug-likeness (QED) is 0.667. The number of hydrogen-bond donors (Lipinski definition) is 2. The summed E-state index contributed by atoms with van der Waals surface area (Å²) in [6.07, 6.45) is -0.908. The van der Waals surface area contributed by atoms with Gasteiger partial charge in [-0.15, -0.1) is 0 Å². The summed E-state index contributed by atoms with van der Waals surface area (Å²) in [5.74, 6) is -0.640. The van der Waals surface area contributed by atoms with Crippen LogP contribution in [0.25, 0.3) is 10.9 Å². The highest BCUT2D eigenvalue weighted by Crippen LogP contribution is 2.24. The fourth-order valence-electron chi connectivity index (χ4n) is 2.81. The molecule has 0 unspecified atom stereocenters. The summed E-state index contributed by atoms with van der Waals surface area (Å²) in [7, 11) is 0. The number of carbonyl (C=O) groups is 2. The van der Waals surface area contributed by atoms with Crippen molar-refractivity contribution in [3.05, 3.63) is 65.9 Å². The fraction of sp³-hybridized carbons (Fsp3) is 0.238. The maximum Gasteiger partial charge on any atom is 0.355 e. The molecule has 0 saturated heterocycles. The van der Waals surface area contributed by atoms with Gasteiger partial charge in [0.2, 0.25) is 0 Å². The number of ether oxygens (including phenoxy) is 1. The smallest absolute Gasteiger partial charge is 0.355 e. The number of hydrogen-bond acceptors (Lipinski definition) is 3. The van der Waals surface area contributed by atoms with Crippen LogP contribution in [-0.4, -0.2) is 23.0 Å². The maximum atomic E-state index is 12.4. The van der Waals surface area contributed by atoms with Gasteiger partial charge in [0.1, 0.15) is 5.69 Å². The third-order valence-corrected chi connectivity index (χ3v) is 4.24. The molecule has 1 aromatic heterocycles. The molecule has 2 N–H and O–H groups in total. The van der Waals surface area contributed by atoms with Crippen molar-refractivity contribution < 1.29 is 14.3 Å². The lowest BCUT2D eigenvalue weighted by Crippen LogP contribution is -2.30. The summed E-state index contributed by atoms with van der Waals surface area (Å²) in [5.41, 5.74) is 2.95. The first kappa shape index (κ1) is 17.7. The Morgan fingerprint density at radius 1 is 1.00 bits per heavy atom. The molecule has 0 spiro atoms. The molecule has 5 nitrogen and oxygen atoms in total. The van der Waals surface area contributed by atoms with Crippen molar-refractivity contribution >= 4 is 28.5 Å². The predicted molar refractivity (Wildman–Crippen MR) is 102 cm³/mol. The maximum absolute atomic E-state index is 12.4. The first-order chi connectivity index (χ1) is 12.5. The number of esters is 1. The second-order valence-electron chi connectivity index (χ2n) is 6.55. The van der Waals surface area contributed by atoms with Crippen LogP contribution in [0.5, 0.6) is 0 Å². The normalized spacial score (nSPS) is 12.2. The van der Waals surface area contributed by atoms with Gasteiger partial charge in [-0.3, -0.25) is 4.79 Å². The molecule has 0 saturated carbocycles. The van der Waals surface area contributed by atoms with E-state index in [9.17, 15) is 9.59 Å². The molecule has 0 aliphatic heterocycles. The van der Waals surface area contributed by atoms with E-state index in [1.165, 1.54) is 0 Å². The van der Waals surface area contributed by atoms with E-state index in [1.807, 2.05) is 48.5 Å². The van der Waals surface area contributed by atoms with Crippen molar-refractivity contribution in [2.24, 2.45) is 0 Å². The van der Waals surface area contributed by atoms with Gasteiger partial charge in [-0.2, -0.15) is 0 Å². The number of amides is 1. The lowest BCUT2D eigenvalue weighted by Gasteiger charge is -2.16. The lowest BCUT2D eigenvalue weighted by molar-refractivity contribution is -0.123. The highest BCUT2D eigenvalue weighted by molar-refractivity contribution is 5.99. The number of benzene rings is 2. The largest absolute Gasteiger partial charge is 0.448 e. The third kappa shape index (κ3) is 3.77.